The van der Waals surface area contributed by atoms with Gasteiger partial charge in [0.05, 0.1) is 6.20 Å². The zero-order valence-electron chi connectivity index (χ0n) is 6.66. The van der Waals surface area contributed by atoms with Crippen LogP contribution in [0.25, 0.3) is 0 Å². The molecule has 1 N–H and O–H groups in total. The lowest BCUT2D eigenvalue weighted by molar-refractivity contribution is -0.118. The molecule has 0 unspecified atom stereocenters. The Morgan fingerprint density at radius 2 is 2.27 bits per heavy atom. The Morgan fingerprint density at radius 3 is 2.64 bits per heavy atom. The van der Waals surface area contributed by atoms with Crippen LogP contribution in [0.5, 0.6) is 0 Å². The third-order valence-electron chi connectivity index (χ3n) is 0.786. The average molecular weight is 153 g/mol. The molecule has 4 nitrogen and oxygen atoms in total. The fourth-order valence-corrected chi connectivity index (χ4v) is 0.504. The van der Waals surface area contributed by atoms with Gasteiger partial charge in [0, 0.05) is 13.1 Å². The Morgan fingerprint density at radius 1 is 1.64 bits per heavy atom. The van der Waals surface area contributed by atoms with Crippen molar-refractivity contribution in [2.75, 3.05) is 0 Å². The van der Waals surface area contributed by atoms with Gasteiger partial charge in [-0.05, 0) is 13.6 Å². The maximum absolute atomic E-state index is 10.5. The van der Waals surface area contributed by atoms with E-state index in [1.165, 1.54) is 13.1 Å². The molecule has 0 saturated carbocycles. The number of aliphatic imine (C=N–C) groups is 2. The van der Waals surface area contributed by atoms with E-state index in [0.29, 0.717) is 5.82 Å². The molecule has 0 aliphatic heterocycles. The minimum absolute atomic E-state index is 0.175. The van der Waals surface area contributed by atoms with Crippen LogP contribution in [0.3, 0.4) is 0 Å². The summed E-state index contributed by atoms with van der Waals surface area (Å²) in [6.45, 7) is 6.39. The third kappa shape index (κ3) is 5.02. The Hall–Kier alpha value is -1.45. The van der Waals surface area contributed by atoms with Crippen LogP contribution in [-0.2, 0) is 4.79 Å². The molecule has 60 valence electrons. The van der Waals surface area contributed by atoms with Crippen LogP contribution in [0, 0.1) is 0 Å². The maximum Gasteiger partial charge on any atom is 0.222 e. The van der Waals surface area contributed by atoms with Gasteiger partial charge >= 0.3 is 0 Å². The van der Waals surface area contributed by atoms with Gasteiger partial charge in [0.15, 0.2) is 5.82 Å². The van der Waals surface area contributed by atoms with Gasteiger partial charge in [0.2, 0.25) is 5.91 Å². The lowest BCUT2D eigenvalue weighted by atomic mass is 10.6. The van der Waals surface area contributed by atoms with Gasteiger partial charge in [0.1, 0.15) is 0 Å². The molecule has 0 bridgehead atoms. The van der Waals surface area contributed by atoms with Gasteiger partial charge in [-0.15, -0.1) is 0 Å². The van der Waals surface area contributed by atoms with Crippen molar-refractivity contribution in [1.29, 1.82) is 0 Å². The molecule has 0 aromatic heterocycles. The lowest BCUT2D eigenvalue weighted by Crippen LogP contribution is -2.17. The predicted molar refractivity (Wildman–Crippen MR) is 45.6 cm³/mol. The van der Waals surface area contributed by atoms with Gasteiger partial charge < -0.3 is 5.32 Å². The van der Waals surface area contributed by atoms with E-state index in [0.717, 1.165) is 0 Å². The van der Waals surface area contributed by atoms with Crippen LogP contribution in [-0.4, -0.2) is 18.8 Å². The van der Waals surface area contributed by atoms with E-state index in [4.69, 9.17) is 0 Å². The van der Waals surface area contributed by atoms with E-state index in [9.17, 15) is 4.79 Å². The first-order valence-electron chi connectivity index (χ1n) is 3.13. The summed E-state index contributed by atoms with van der Waals surface area (Å²) in [5.41, 5.74) is 0. The van der Waals surface area contributed by atoms with Gasteiger partial charge in [-0.25, -0.2) is 4.99 Å². The summed E-state index contributed by atoms with van der Waals surface area (Å²) < 4.78 is 0. The van der Waals surface area contributed by atoms with Gasteiger partial charge in [-0.2, -0.15) is 0 Å². The number of nitrogens with zero attached hydrogens (tertiary/aromatic N) is 2. The molecule has 4 heteroatoms. The van der Waals surface area contributed by atoms with Gasteiger partial charge in [0.25, 0.3) is 0 Å². The highest BCUT2D eigenvalue weighted by atomic mass is 16.1. The maximum atomic E-state index is 10.5. The van der Waals surface area contributed by atoms with Crippen LogP contribution in [0.4, 0.5) is 0 Å². The molecular formula is C7H11N3O. The first-order valence-corrected chi connectivity index (χ1v) is 3.13. The summed E-state index contributed by atoms with van der Waals surface area (Å²) in [4.78, 5) is 17.8. The van der Waals surface area contributed by atoms with Crippen molar-refractivity contribution in [3.8, 4) is 0 Å². The summed E-state index contributed by atoms with van der Waals surface area (Å²) in [7, 11) is 0. The summed E-state index contributed by atoms with van der Waals surface area (Å²) in [6, 6.07) is 0. The van der Waals surface area contributed by atoms with Crippen molar-refractivity contribution in [2.45, 2.75) is 13.8 Å². The molecule has 0 saturated heterocycles. The molecule has 0 rings (SSSR count). The van der Waals surface area contributed by atoms with Crippen LogP contribution < -0.4 is 5.32 Å². The van der Waals surface area contributed by atoms with Crippen molar-refractivity contribution >= 4 is 18.8 Å². The molecule has 0 atom stereocenters. The van der Waals surface area contributed by atoms with E-state index in [1.54, 1.807) is 13.1 Å². The van der Waals surface area contributed by atoms with Gasteiger partial charge in [-0.1, -0.05) is 0 Å². The second-order valence-electron chi connectivity index (χ2n) is 1.77. The average Bonchev–Trinajstić information content (AvgIpc) is 1.87. The first kappa shape index (κ1) is 9.55. The molecule has 0 heterocycles. The van der Waals surface area contributed by atoms with Crippen molar-refractivity contribution in [3.05, 3.63) is 12.0 Å². The zero-order chi connectivity index (χ0) is 8.69. The van der Waals surface area contributed by atoms with Crippen molar-refractivity contribution < 1.29 is 4.79 Å². The number of carbonyl (C=O) groups is 1. The van der Waals surface area contributed by atoms with E-state index < -0.39 is 0 Å². The summed E-state index contributed by atoms with van der Waals surface area (Å²) in [6.07, 6.45) is 2.94. The fraction of sp³-hybridized carbons (Fsp3) is 0.286. The lowest BCUT2D eigenvalue weighted by Gasteiger charge is -1.98. The number of nitrogens with one attached hydrogen (secondary N) is 1. The highest BCUT2D eigenvalue weighted by Crippen LogP contribution is 1.89. The number of amides is 1. The van der Waals surface area contributed by atoms with E-state index in [1.807, 2.05) is 0 Å². The van der Waals surface area contributed by atoms with E-state index in [2.05, 4.69) is 22.0 Å². The molecule has 1 amide bonds. The number of hydrogen-bond donors (Lipinski definition) is 1. The Labute approximate surface area is 65.7 Å². The second kappa shape index (κ2) is 5.34. The van der Waals surface area contributed by atoms with Crippen molar-refractivity contribution in [1.82, 2.24) is 5.32 Å². The smallest absolute Gasteiger partial charge is 0.222 e. The summed E-state index contributed by atoms with van der Waals surface area (Å²) in [5.74, 6) is 0.223. The molecule has 0 radical (unpaired) electrons. The fourth-order valence-electron chi connectivity index (χ4n) is 0.504. The molecule has 0 fully saturated rings. The van der Waals surface area contributed by atoms with E-state index in [-0.39, 0.29) is 5.91 Å². The minimum atomic E-state index is -0.175. The molecule has 11 heavy (non-hydrogen) atoms. The molecule has 0 aromatic carbocycles. The minimum Gasteiger partial charge on any atom is -0.310 e. The largest absolute Gasteiger partial charge is 0.310 e. The SMILES string of the molecule is C=N/C=C(\N=C/C)NC(C)=O. The quantitative estimate of drug-likeness (QED) is 0.596. The molecule has 0 aromatic rings. The first-order chi connectivity index (χ1) is 5.20. The highest BCUT2D eigenvalue weighted by molar-refractivity contribution is 5.75. The number of rotatable bonds is 3. The predicted octanol–water partition coefficient (Wildman–Crippen LogP) is 0.713. The van der Waals surface area contributed by atoms with Gasteiger partial charge in [-0.3, -0.25) is 9.79 Å². The normalized spacial score (nSPS) is 11.6. The third-order valence-corrected chi connectivity index (χ3v) is 0.786. The number of carbonyl (C=O) groups excluding carboxylic acids is 1. The van der Waals surface area contributed by atoms with Crippen molar-refractivity contribution in [2.24, 2.45) is 9.98 Å². The molecule has 0 aliphatic carbocycles. The Kier molecular flexibility index (Phi) is 4.64. The van der Waals surface area contributed by atoms with E-state index >= 15 is 0 Å². The van der Waals surface area contributed by atoms with Crippen LogP contribution in [0.1, 0.15) is 13.8 Å². The van der Waals surface area contributed by atoms with Crippen LogP contribution in [0.15, 0.2) is 22.0 Å². The summed E-state index contributed by atoms with van der Waals surface area (Å²) in [5, 5.41) is 2.47. The van der Waals surface area contributed by atoms with Crippen LogP contribution in [0.2, 0.25) is 0 Å². The highest BCUT2D eigenvalue weighted by Gasteiger charge is 1.93. The monoisotopic (exact) mass is 153 g/mol. The Balaban J connectivity index is 4.22. The standard InChI is InChI=1S/C7H11N3O/c1-4-9-7(5-8-3)10-6(2)11/h4-5H,3H2,1-2H3,(H,10,11)/b7-5+,9-4-. The Bertz CT molecular complexity index is 206. The van der Waals surface area contributed by atoms with Crippen LogP contribution >= 0.6 is 0 Å². The second-order valence-corrected chi connectivity index (χ2v) is 1.77. The number of hydrogen-bond acceptors (Lipinski definition) is 3. The molecular weight excluding hydrogens is 142 g/mol. The summed E-state index contributed by atoms with van der Waals surface area (Å²) >= 11 is 0. The topological polar surface area (TPSA) is 53.8 Å². The molecule has 0 aliphatic rings. The zero-order valence-corrected chi connectivity index (χ0v) is 6.66. The van der Waals surface area contributed by atoms with Crippen molar-refractivity contribution in [3.63, 3.8) is 0 Å². The molecule has 0 spiro atoms.